The van der Waals surface area contributed by atoms with Crippen LogP contribution in [0, 0.1) is 0 Å². The summed E-state index contributed by atoms with van der Waals surface area (Å²) in [5.74, 6) is 0.141. The molecular weight excluding hydrogens is 360 g/mol. The van der Waals surface area contributed by atoms with Gasteiger partial charge in [0.2, 0.25) is 0 Å². The fourth-order valence-electron chi connectivity index (χ4n) is 2.30. The van der Waals surface area contributed by atoms with Crippen LogP contribution in [0.3, 0.4) is 0 Å². The van der Waals surface area contributed by atoms with Crippen molar-refractivity contribution in [2.24, 2.45) is 0 Å². The first-order chi connectivity index (χ1) is 12.3. The van der Waals surface area contributed by atoms with Gasteiger partial charge < -0.3 is 15.3 Å². The highest BCUT2D eigenvalue weighted by molar-refractivity contribution is 7.85. The molecule has 26 heavy (non-hydrogen) atoms. The summed E-state index contributed by atoms with van der Waals surface area (Å²) in [5.41, 5.74) is 2.54. The topological polar surface area (TPSA) is 125 Å². The molecule has 0 aliphatic carbocycles. The van der Waals surface area contributed by atoms with E-state index in [1.807, 2.05) is 0 Å². The first-order valence-corrected chi connectivity index (χ1v) is 8.80. The van der Waals surface area contributed by atoms with Crippen LogP contribution in [0.15, 0.2) is 65.6 Å². The minimum absolute atomic E-state index is 0.307. The van der Waals surface area contributed by atoms with E-state index in [1.165, 1.54) is 24.3 Å². The average Bonchev–Trinajstić information content (AvgIpc) is 2.60. The molecule has 2 amide bonds. The van der Waals surface area contributed by atoms with Crippen molar-refractivity contribution in [3.05, 3.63) is 60.7 Å². The largest absolute Gasteiger partial charge is 0.507 e. The lowest BCUT2D eigenvalue weighted by molar-refractivity contribution is 0.189. The molecule has 0 aliphatic rings. The molecule has 0 fully saturated rings. The molecule has 3 aromatic carbocycles. The van der Waals surface area contributed by atoms with Crippen molar-refractivity contribution in [2.75, 3.05) is 5.32 Å². The van der Waals surface area contributed by atoms with Crippen molar-refractivity contribution in [3.63, 3.8) is 0 Å². The lowest BCUT2D eigenvalue weighted by atomic mass is 10.1. The first-order valence-electron chi connectivity index (χ1n) is 7.36. The third-order valence-electron chi connectivity index (χ3n) is 3.46. The van der Waals surface area contributed by atoms with Gasteiger partial charge in [-0.05, 0) is 41.8 Å². The van der Waals surface area contributed by atoms with Crippen molar-refractivity contribution in [1.82, 2.24) is 5.48 Å². The Hall–Kier alpha value is -3.30. The predicted molar refractivity (Wildman–Crippen MR) is 94.7 cm³/mol. The number of phenolic OH excluding ortho intramolecular Hbond substituents is 1. The Morgan fingerprint density at radius 2 is 1.73 bits per heavy atom. The molecule has 3 rings (SSSR count). The molecule has 134 valence electrons. The van der Waals surface area contributed by atoms with Gasteiger partial charge in [0.15, 0.2) is 5.75 Å². The Morgan fingerprint density at radius 3 is 2.42 bits per heavy atom. The van der Waals surface area contributed by atoms with Crippen LogP contribution in [0.4, 0.5) is 10.5 Å². The molecule has 0 atom stereocenters. The van der Waals surface area contributed by atoms with Crippen LogP contribution < -0.4 is 15.6 Å². The van der Waals surface area contributed by atoms with Gasteiger partial charge in [-0.15, -0.1) is 0 Å². The number of amides is 2. The van der Waals surface area contributed by atoms with E-state index in [2.05, 4.69) is 10.8 Å². The zero-order chi connectivity index (χ0) is 18.7. The molecule has 0 heterocycles. The maximum absolute atomic E-state index is 11.9. The quantitative estimate of drug-likeness (QED) is 0.411. The number of benzene rings is 3. The maximum atomic E-state index is 11.9. The number of rotatable bonds is 4. The van der Waals surface area contributed by atoms with Crippen molar-refractivity contribution >= 4 is 32.6 Å². The fraction of sp³-hybridized carbons (Fsp3) is 0. The number of hydrogen-bond donors (Lipinski definition) is 4. The normalized spacial score (nSPS) is 11.1. The molecule has 9 heteroatoms. The Labute approximate surface area is 148 Å². The predicted octanol–water partition coefficient (Wildman–Crippen LogP) is 2.91. The van der Waals surface area contributed by atoms with Gasteiger partial charge in [0.25, 0.3) is 10.1 Å². The van der Waals surface area contributed by atoms with Crippen LogP contribution in [0.2, 0.25) is 0 Å². The second-order valence-corrected chi connectivity index (χ2v) is 6.75. The summed E-state index contributed by atoms with van der Waals surface area (Å²) in [4.78, 5) is 16.5. The van der Waals surface area contributed by atoms with Crippen molar-refractivity contribution in [1.29, 1.82) is 0 Å². The van der Waals surface area contributed by atoms with Crippen LogP contribution in [-0.2, 0) is 10.1 Å². The van der Waals surface area contributed by atoms with E-state index < -0.39 is 21.0 Å². The molecule has 3 aromatic rings. The number of carbonyl (C=O) groups excluding carboxylic acids is 1. The van der Waals surface area contributed by atoms with Gasteiger partial charge in [0, 0.05) is 17.1 Å². The van der Waals surface area contributed by atoms with E-state index in [0.29, 0.717) is 22.2 Å². The lowest BCUT2D eigenvalue weighted by Crippen LogP contribution is -2.31. The molecule has 8 nitrogen and oxygen atoms in total. The molecule has 0 aliphatic heterocycles. The summed E-state index contributed by atoms with van der Waals surface area (Å²) in [7, 11) is -4.47. The van der Waals surface area contributed by atoms with E-state index in [0.717, 1.165) is 6.07 Å². The number of urea groups is 1. The van der Waals surface area contributed by atoms with Gasteiger partial charge in [-0.2, -0.15) is 13.9 Å². The fourth-order valence-corrected chi connectivity index (χ4v) is 2.84. The SMILES string of the molecule is O=C(NOc1ccccc1)Nc1ccc2c(O)cc(S(=O)(=O)O)cc2c1. The standard InChI is InChI=1S/C17H14N2O6S/c20-16-10-14(26(22,23)24)9-11-8-12(6-7-15(11)16)18-17(21)19-25-13-4-2-1-3-5-13/h1-10,20H,(H2,18,19,21)(H,22,23,24). The van der Waals surface area contributed by atoms with Crippen LogP contribution in [0.5, 0.6) is 11.5 Å². The summed E-state index contributed by atoms with van der Waals surface area (Å²) < 4.78 is 31.6. The number of anilines is 1. The van der Waals surface area contributed by atoms with E-state index >= 15 is 0 Å². The Morgan fingerprint density at radius 1 is 1.00 bits per heavy atom. The van der Waals surface area contributed by atoms with E-state index in [-0.39, 0.29) is 5.75 Å². The van der Waals surface area contributed by atoms with Gasteiger partial charge in [-0.3, -0.25) is 4.55 Å². The summed E-state index contributed by atoms with van der Waals surface area (Å²) >= 11 is 0. The van der Waals surface area contributed by atoms with Gasteiger partial charge in [-0.1, -0.05) is 18.2 Å². The first kappa shape index (κ1) is 17.5. The van der Waals surface area contributed by atoms with Crippen molar-refractivity contribution in [3.8, 4) is 11.5 Å². The van der Waals surface area contributed by atoms with Crippen LogP contribution in [0.1, 0.15) is 0 Å². The van der Waals surface area contributed by atoms with E-state index in [9.17, 15) is 18.3 Å². The third-order valence-corrected chi connectivity index (χ3v) is 4.30. The Kier molecular flexibility index (Phi) is 4.65. The Balaban J connectivity index is 1.79. The summed E-state index contributed by atoms with van der Waals surface area (Å²) in [5, 5.41) is 13.1. The molecule has 0 spiro atoms. The van der Waals surface area contributed by atoms with Crippen LogP contribution in [0.25, 0.3) is 10.8 Å². The van der Waals surface area contributed by atoms with E-state index in [4.69, 9.17) is 9.39 Å². The zero-order valence-corrected chi connectivity index (χ0v) is 14.0. The second-order valence-electron chi connectivity index (χ2n) is 5.32. The number of carbonyl (C=O) groups is 1. The van der Waals surface area contributed by atoms with Gasteiger partial charge in [0.1, 0.15) is 5.75 Å². The van der Waals surface area contributed by atoms with Crippen molar-refractivity contribution in [2.45, 2.75) is 4.90 Å². The molecule has 4 N–H and O–H groups in total. The molecule has 0 unspecified atom stereocenters. The minimum atomic E-state index is -4.47. The third kappa shape index (κ3) is 4.02. The highest BCUT2D eigenvalue weighted by Gasteiger charge is 2.14. The number of hydroxylamine groups is 1. The van der Waals surface area contributed by atoms with Gasteiger partial charge in [0.05, 0.1) is 4.90 Å². The molecule has 0 saturated heterocycles. The number of hydrogen-bond acceptors (Lipinski definition) is 5. The van der Waals surface area contributed by atoms with Crippen LogP contribution in [-0.4, -0.2) is 24.1 Å². The minimum Gasteiger partial charge on any atom is -0.507 e. The monoisotopic (exact) mass is 374 g/mol. The number of aromatic hydroxyl groups is 1. The summed E-state index contributed by atoms with van der Waals surface area (Å²) in [6.07, 6.45) is 0. The molecular formula is C17H14N2O6S. The molecule has 0 bridgehead atoms. The molecule has 0 aromatic heterocycles. The van der Waals surface area contributed by atoms with Crippen LogP contribution >= 0.6 is 0 Å². The molecule has 0 saturated carbocycles. The summed E-state index contributed by atoms with van der Waals surface area (Å²) in [6.45, 7) is 0. The number of fused-ring (bicyclic) bond motifs is 1. The highest BCUT2D eigenvalue weighted by atomic mass is 32.2. The second kappa shape index (κ2) is 6.90. The van der Waals surface area contributed by atoms with Gasteiger partial charge in [-0.25, -0.2) is 4.79 Å². The number of phenols is 1. The lowest BCUT2D eigenvalue weighted by Gasteiger charge is -2.10. The maximum Gasteiger partial charge on any atom is 0.352 e. The van der Waals surface area contributed by atoms with Crippen molar-refractivity contribution < 1.29 is 27.7 Å². The number of para-hydroxylation sites is 1. The smallest absolute Gasteiger partial charge is 0.352 e. The van der Waals surface area contributed by atoms with E-state index in [1.54, 1.807) is 30.3 Å². The highest BCUT2D eigenvalue weighted by Crippen LogP contribution is 2.30. The zero-order valence-electron chi connectivity index (χ0n) is 13.2. The number of nitrogens with one attached hydrogen (secondary N) is 2. The van der Waals surface area contributed by atoms with Gasteiger partial charge >= 0.3 is 6.03 Å². The molecule has 0 radical (unpaired) electrons. The summed E-state index contributed by atoms with van der Waals surface area (Å²) in [6, 6.07) is 14.6. The Bertz CT molecular complexity index is 1070. The average molecular weight is 374 g/mol.